The van der Waals surface area contributed by atoms with Gasteiger partial charge >= 0.3 is 5.97 Å². The van der Waals surface area contributed by atoms with Crippen molar-refractivity contribution in [2.75, 3.05) is 4.43 Å². The number of carbonyl (C=O) groups is 2. The summed E-state index contributed by atoms with van der Waals surface area (Å²) in [5, 5.41) is 11.3. The molecule has 4 bridgehead atoms. The molecule has 4 nitrogen and oxygen atoms in total. The largest absolute Gasteiger partial charge is 0.481 e. The highest BCUT2D eigenvalue weighted by Crippen LogP contribution is 2.84. The SMILES string of the molecule is CC(C)C1=CC2CC3(C=O)[C@@H]4CC[C@@H](C)[C@H]4CC2(C2C[C@@H](CC4CCCC4)C(CI)O2)C13C(=O)O. The number of halogens is 1. The number of hydrogen-bond acceptors (Lipinski definition) is 3. The first kappa shape index (κ1) is 24.9. The highest BCUT2D eigenvalue weighted by Gasteiger charge is 2.86. The summed E-state index contributed by atoms with van der Waals surface area (Å²) in [6.45, 7) is 6.62. The van der Waals surface area contributed by atoms with E-state index in [9.17, 15) is 14.7 Å². The summed E-state index contributed by atoms with van der Waals surface area (Å²) >= 11 is 2.48. The molecule has 194 valence electrons. The second-order valence-electron chi connectivity index (χ2n) is 13.6. The van der Waals surface area contributed by atoms with E-state index in [-0.39, 0.29) is 30.0 Å². The number of allylic oxidation sites excluding steroid dienone is 1. The zero-order valence-corrected chi connectivity index (χ0v) is 23.8. The van der Waals surface area contributed by atoms with E-state index in [1.165, 1.54) is 32.1 Å². The molecular formula is C30H43IO4. The van der Waals surface area contributed by atoms with Gasteiger partial charge in [0, 0.05) is 9.84 Å². The summed E-state index contributed by atoms with van der Waals surface area (Å²) in [5.74, 6) is 2.05. The Morgan fingerprint density at radius 2 is 1.97 bits per heavy atom. The lowest BCUT2D eigenvalue weighted by Gasteiger charge is -2.60. The van der Waals surface area contributed by atoms with Gasteiger partial charge in [0.2, 0.25) is 0 Å². The topological polar surface area (TPSA) is 63.6 Å². The molecule has 0 aromatic rings. The van der Waals surface area contributed by atoms with Crippen molar-refractivity contribution < 1.29 is 19.4 Å². The molecule has 1 saturated heterocycles. The Morgan fingerprint density at radius 1 is 1.23 bits per heavy atom. The Balaban J connectivity index is 1.48. The van der Waals surface area contributed by atoms with Gasteiger partial charge in [-0.1, -0.05) is 87.1 Å². The van der Waals surface area contributed by atoms with Crippen LogP contribution in [0.5, 0.6) is 0 Å². The van der Waals surface area contributed by atoms with E-state index in [2.05, 4.69) is 49.4 Å². The quantitative estimate of drug-likeness (QED) is 0.154. The zero-order chi connectivity index (χ0) is 24.8. The number of ether oxygens (including phenoxy) is 1. The highest BCUT2D eigenvalue weighted by atomic mass is 127. The van der Waals surface area contributed by atoms with Crippen molar-refractivity contribution in [3.05, 3.63) is 11.6 Å². The maximum Gasteiger partial charge on any atom is 0.315 e. The van der Waals surface area contributed by atoms with Crippen LogP contribution in [-0.2, 0) is 14.3 Å². The highest BCUT2D eigenvalue weighted by molar-refractivity contribution is 14.1. The van der Waals surface area contributed by atoms with Crippen LogP contribution in [0.4, 0.5) is 0 Å². The average Bonchev–Trinajstić information content (AvgIpc) is 3.63. The van der Waals surface area contributed by atoms with Crippen LogP contribution in [0.3, 0.4) is 0 Å². The molecule has 6 unspecified atom stereocenters. The summed E-state index contributed by atoms with van der Waals surface area (Å²) in [6.07, 6.45) is 15.0. The maximum atomic E-state index is 13.8. The van der Waals surface area contributed by atoms with Crippen molar-refractivity contribution in [1.82, 2.24) is 0 Å². The van der Waals surface area contributed by atoms with Crippen LogP contribution >= 0.6 is 22.6 Å². The van der Waals surface area contributed by atoms with Gasteiger partial charge in [0.25, 0.3) is 0 Å². The molecular weight excluding hydrogens is 551 g/mol. The Morgan fingerprint density at radius 3 is 2.60 bits per heavy atom. The lowest BCUT2D eigenvalue weighted by Crippen LogP contribution is -2.65. The van der Waals surface area contributed by atoms with Gasteiger partial charge in [-0.3, -0.25) is 4.79 Å². The molecule has 35 heavy (non-hydrogen) atoms. The van der Waals surface area contributed by atoms with E-state index in [1.54, 1.807) is 0 Å². The molecule has 1 heterocycles. The van der Waals surface area contributed by atoms with Gasteiger partial charge in [0.1, 0.15) is 11.7 Å². The molecule has 1 aliphatic heterocycles. The standard InChI is InChI=1S/C30H43IO4/c1-17(2)24-12-21-13-28(16-32)23-9-8-18(3)22(23)14-29(21,30(24,28)27(33)34)26-11-20(25(15-31)35-26)10-19-6-4-5-7-19/h12,16-23,25-26H,4-11,13-15H2,1-3H3,(H,33,34)/t18-,20-,21?,22-,23-,25?,26?,28?,29?,30?/m1/s1. The number of fused-ring (bicyclic) bond motifs is 2. The van der Waals surface area contributed by atoms with Crippen LogP contribution < -0.4 is 0 Å². The summed E-state index contributed by atoms with van der Waals surface area (Å²) in [4.78, 5) is 27.1. The first-order chi connectivity index (χ1) is 16.8. The molecule has 5 aliphatic carbocycles. The molecule has 6 aliphatic rings. The van der Waals surface area contributed by atoms with Crippen molar-refractivity contribution in [3.63, 3.8) is 0 Å². The summed E-state index contributed by atoms with van der Waals surface area (Å²) in [7, 11) is 0. The predicted octanol–water partition coefficient (Wildman–Crippen LogP) is 6.70. The maximum absolute atomic E-state index is 13.8. The van der Waals surface area contributed by atoms with Crippen LogP contribution in [0.2, 0.25) is 0 Å². The van der Waals surface area contributed by atoms with Crippen LogP contribution in [0.25, 0.3) is 0 Å². The fourth-order valence-electron chi connectivity index (χ4n) is 11.1. The van der Waals surface area contributed by atoms with E-state index in [1.807, 2.05) is 0 Å². The van der Waals surface area contributed by atoms with Crippen LogP contribution in [0.1, 0.15) is 85.0 Å². The number of rotatable bonds is 7. The minimum absolute atomic E-state index is 0.0576. The Labute approximate surface area is 224 Å². The van der Waals surface area contributed by atoms with Crippen molar-refractivity contribution >= 4 is 34.8 Å². The Hall–Kier alpha value is -0.430. The van der Waals surface area contributed by atoms with Crippen LogP contribution in [-0.4, -0.2) is 34.0 Å². The summed E-state index contributed by atoms with van der Waals surface area (Å²) in [5.41, 5.74) is -1.32. The van der Waals surface area contributed by atoms with Crippen molar-refractivity contribution in [3.8, 4) is 0 Å². The van der Waals surface area contributed by atoms with E-state index in [0.717, 1.165) is 54.3 Å². The molecule has 0 aromatic carbocycles. The zero-order valence-electron chi connectivity index (χ0n) is 21.7. The van der Waals surface area contributed by atoms with E-state index >= 15 is 0 Å². The molecule has 1 N–H and O–H groups in total. The number of carboxylic acids is 1. The third-order valence-electron chi connectivity index (χ3n) is 12.2. The minimum atomic E-state index is -1.10. The van der Waals surface area contributed by atoms with Crippen molar-refractivity contribution in [1.29, 1.82) is 0 Å². The number of carbonyl (C=O) groups excluding carboxylic acids is 1. The Bertz CT molecular complexity index is 923. The van der Waals surface area contributed by atoms with Gasteiger partial charge < -0.3 is 14.6 Å². The van der Waals surface area contributed by atoms with Gasteiger partial charge in [-0.15, -0.1) is 0 Å². The molecule has 0 aromatic heterocycles. The van der Waals surface area contributed by atoms with Gasteiger partial charge in [0.05, 0.1) is 17.6 Å². The van der Waals surface area contributed by atoms with Crippen molar-refractivity contribution in [2.24, 2.45) is 57.7 Å². The van der Waals surface area contributed by atoms with Crippen LogP contribution in [0, 0.1) is 57.7 Å². The third kappa shape index (κ3) is 2.95. The van der Waals surface area contributed by atoms with E-state index in [0.29, 0.717) is 17.8 Å². The lowest BCUT2D eigenvalue weighted by atomic mass is 9.41. The Kier molecular flexibility index (Phi) is 6.07. The number of aldehydes is 1. The fraction of sp³-hybridized carbons (Fsp3) is 0.867. The first-order valence-corrected chi connectivity index (χ1v) is 15.9. The molecule has 0 radical (unpaired) electrons. The fourth-order valence-corrected chi connectivity index (χ4v) is 12.0. The lowest BCUT2D eigenvalue weighted by molar-refractivity contribution is -0.196. The van der Waals surface area contributed by atoms with Gasteiger partial charge in [-0.25, -0.2) is 0 Å². The minimum Gasteiger partial charge on any atom is -0.481 e. The molecule has 0 spiro atoms. The van der Waals surface area contributed by atoms with Gasteiger partial charge in [0.15, 0.2) is 0 Å². The molecule has 6 rings (SSSR count). The summed E-state index contributed by atoms with van der Waals surface area (Å²) < 4.78 is 8.00. The number of aliphatic carboxylic acids is 1. The predicted molar refractivity (Wildman–Crippen MR) is 144 cm³/mol. The van der Waals surface area contributed by atoms with Crippen molar-refractivity contribution in [2.45, 2.75) is 97.2 Å². The normalized spacial score (nSPS) is 50.7. The van der Waals surface area contributed by atoms with E-state index in [4.69, 9.17) is 4.74 Å². The second kappa shape index (κ2) is 8.54. The summed E-state index contributed by atoms with van der Waals surface area (Å²) in [6, 6.07) is 0. The number of carboxylic acid groups (broad SMARTS) is 1. The van der Waals surface area contributed by atoms with Crippen LogP contribution in [0.15, 0.2) is 11.6 Å². The third-order valence-corrected chi connectivity index (χ3v) is 13.1. The monoisotopic (exact) mass is 594 g/mol. The smallest absolute Gasteiger partial charge is 0.315 e. The number of alkyl halides is 1. The molecule has 5 heteroatoms. The molecule has 4 saturated carbocycles. The number of hydrogen-bond donors (Lipinski definition) is 1. The van der Waals surface area contributed by atoms with E-state index < -0.39 is 22.2 Å². The first-order valence-electron chi connectivity index (χ1n) is 14.4. The average molecular weight is 595 g/mol. The van der Waals surface area contributed by atoms with Gasteiger partial charge in [-0.05, 0) is 73.5 Å². The molecule has 5 fully saturated rings. The second-order valence-corrected chi connectivity index (χ2v) is 14.5. The van der Waals surface area contributed by atoms with Gasteiger partial charge in [-0.2, -0.15) is 0 Å². The molecule has 10 atom stereocenters. The molecule has 0 amide bonds.